The first kappa shape index (κ1) is 12.9. The first-order valence-corrected chi connectivity index (χ1v) is 6.17. The summed E-state index contributed by atoms with van der Waals surface area (Å²) in [6.45, 7) is 6.64. The van der Waals surface area contributed by atoms with Gasteiger partial charge < -0.3 is 10.9 Å². The van der Waals surface area contributed by atoms with Crippen LogP contribution in [0.4, 0.5) is 0 Å². The van der Waals surface area contributed by atoms with Gasteiger partial charge in [0, 0.05) is 15.7 Å². The van der Waals surface area contributed by atoms with Crippen LogP contribution in [0.2, 0.25) is 0 Å². The number of amidine groups is 1. The van der Waals surface area contributed by atoms with Crippen molar-refractivity contribution in [1.82, 2.24) is 0 Å². The molecule has 0 amide bonds. The first-order valence-electron chi connectivity index (χ1n) is 5.29. The zero-order valence-corrected chi connectivity index (χ0v) is 10.7. The van der Waals surface area contributed by atoms with Gasteiger partial charge in [0.2, 0.25) is 0 Å². The van der Waals surface area contributed by atoms with Gasteiger partial charge >= 0.3 is 0 Å². The Morgan fingerprint density at radius 1 is 1.25 bits per heavy atom. The van der Waals surface area contributed by atoms with Crippen LogP contribution in [0.5, 0.6) is 0 Å². The third-order valence-corrected chi connectivity index (χ3v) is 3.98. The van der Waals surface area contributed by atoms with E-state index < -0.39 is 0 Å². The average molecular weight is 238 g/mol. The molecule has 0 saturated carbocycles. The SMILES string of the molecule is CC(C)C(C)Sc1ccc(/C(N)=N/O)cc1. The Morgan fingerprint density at radius 3 is 2.25 bits per heavy atom. The molecule has 88 valence electrons. The molecule has 0 heterocycles. The largest absolute Gasteiger partial charge is 0.409 e. The fraction of sp³-hybridized carbons (Fsp3) is 0.417. The molecule has 0 saturated heterocycles. The van der Waals surface area contributed by atoms with E-state index in [1.165, 1.54) is 4.90 Å². The van der Waals surface area contributed by atoms with E-state index in [-0.39, 0.29) is 5.84 Å². The van der Waals surface area contributed by atoms with Gasteiger partial charge in [0.25, 0.3) is 0 Å². The molecule has 1 aromatic carbocycles. The molecule has 3 N–H and O–H groups in total. The number of thioether (sulfide) groups is 1. The minimum Gasteiger partial charge on any atom is -0.409 e. The highest BCUT2D eigenvalue weighted by molar-refractivity contribution is 8.00. The molecule has 0 aliphatic rings. The standard InChI is InChI=1S/C12H18N2OS/c1-8(2)9(3)16-11-6-4-10(5-7-11)12(13)14-15/h4-9,15H,1-3H3,(H2,13,14). The number of nitrogens with two attached hydrogens (primary N) is 1. The van der Waals surface area contributed by atoms with E-state index in [4.69, 9.17) is 10.9 Å². The Balaban J connectivity index is 2.72. The van der Waals surface area contributed by atoms with Crippen LogP contribution < -0.4 is 5.73 Å². The monoisotopic (exact) mass is 238 g/mol. The summed E-state index contributed by atoms with van der Waals surface area (Å²) in [4.78, 5) is 1.20. The van der Waals surface area contributed by atoms with Crippen LogP contribution in [-0.4, -0.2) is 16.3 Å². The molecule has 1 rings (SSSR count). The van der Waals surface area contributed by atoms with Crippen molar-refractivity contribution in [2.24, 2.45) is 16.8 Å². The van der Waals surface area contributed by atoms with Crippen LogP contribution in [0, 0.1) is 5.92 Å². The second kappa shape index (κ2) is 5.80. The van der Waals surface area contributed by atoms with Crippen molar-refractivity contribution in [2.75, 3.05) is 0 Å². The van der Waals surface area contributed by atoms with Gasteiger partial charge in [-0.25, -0.2) is 0 Å². The van der Waals surface area contributed by atoms with Crippen molar-refractivity contribution in [2.45, 2.75) is 30.9 Å². The summed E-state index contributed by atoms with van der Waals surface area (Å²) in [5.41, 5.74) is 6.23. The molecule has 1 aromatic rings. The molecule has 0 aromatic heterocycles. The predicted octanol–water partition coefficient (Wildman–Crippen LogP) is 2.92. The maximum Gasteiger partial charge on any atom is 0.170 e. The Morgan fingerprint density at radius 2 is 1.81 bits per heavy atom. The van der Waals surface area contributed by atoms with E-state index in [1.807, 2.05) is 36.0 Å². The fourth-order valence-corrected chi connectivity index (χ4v) is 2.11. The van der Waals surface area contributed by atoms with E-state index in [2.05, 4.69) is 25.9 Å². The summed E-state index contributed by atoms with van der Waals surface area (Å²) >= 11 is 1.84. The van der Waals surface area contributed by atoms with Gasteiger partial charge in [0.05, 0.1) is 0 Å². The molecule has 0 fully saturated rings. The van der Waals surface area contributed by atoms with E-state index in [0.29, 0.717) is 11.2 Å². The molecule has 0 spiro atoms. The van der Waals surface area contributed by atoms with Crippen molar-refractivity contribution in [3.05, 3.63) is 29.8 Å². The van der Waals surface area contributed by atoms with Crippen LogP contribution in [0.15, 0.2) is 34.3 Å². The highest BCUT2D eigenvalue weighted by Crippen LogP contribution is 2.27. The first-order chi connectivity index (χ1) is 7.54. The van der Waals surface area contributed by atoms with Gasteiger partial charge in [-0.2, -0.15) is 0 Å². The Labute approximate surface area is 101 Å². The van der Waals surface area contributed by atoms with Crippen molar-refractivity contribution < 1.29 is 5.21 Å². The Hall–Kier alpha value is -1.16. The topological polar surface area (TPSA) is 58.6 Å². The average Bonchev–Trinajstić information content (AvgIpc) is 2.28. The van der Waals surface area contributed by atoms with Crippen LogP contribution in [-0.2, 0) is 0 Å². The van der Waals surface area contributed by atoms with Gasteiger partial charge in [-0.1, -0.05) is 38.1 Å². The summed E-state index contributed by atoms with van der Waals surface area (Å²) < 4.78 is 0. The number of oxime groups is 1. The van der Waals surface area contributed by atoms with E-state index in [1.54, 1.807) is 0 Å². The number of rotatable bonds is 4. The highest BCUT2D eigenvalue weighted by atomic mass is 32.2. The molecule has 0 bridgehead atoms. The van der Waals surface area contributed by atoms with Gasteiger partial charge in [-0.3, -0.25) is 0 Å². The molecule has 4 heteroatoms. The van der Waals surface area contributed by atoms with Crippen LogP contribution in [0.25, 0.3) is 0 Å². The molecule has 0 aliphatic carbocycles. The van der Waals surface area contributed by atoms with E-state index >= 15 is 0 Å². The summed E-state index contributed by atoms with van der Waals surface area (Å²) in [6, 6.07) is 7.72. The molecule has 0 radical (unpaired) electrons. The third-order valence-electron chi connectivity index (χ3n) is 2.52. The highest BCUT2D eigenvalue weighted by Gasteiger charge is 2.08. The Kier molecular flexibility index (Phi) is 4.68. The van der Waals surface area contributed by atoms with E-state index in [0.717, 1.165) is 5.56 Å². The van der Waals surface area contributed by atoms with Crippen LogP contribution in [0.3, 0.4) is 0 Å². The van der Waals surface area contributed by atoms with Crippen LogP contribution in [0.1, 0.15) is 26.3 Å². The molecule has 3 nitrogen and oxygen atoms in total. The summed E-state index contributed by atoms with van der Waals surface area (Å²) in [7, 11) is 0. The molecular weight excluding hydrogens is 220 g/mol. The van der Waals surface area contributed by atoms with Crippen molar-refractivity contribution in [1.29, 1.82) is 0 Å². The van der Waals surface area contributed by atoms with Gasteiger partial charge in [0.1, 0.15) is 0 Å². The minimum absolute atomic E-state index is 0.147. The van der Waals surface area contributed by atoms with Crippen molar-refractivity contribution >= 4 is 17.6 Å². The summed E-state index contributed by atoms with van der Waals surface area (Å²) in [5, 5.41) is 12.1. The number of hydrogen-bond donors (Lipinski definition) is 2. The fourth-order valence-electron chi connectivity index (χ4n) is 1.11. The maximum atomic E-state index is 8.53. The maximum absolute atomic E-state index is 8.53. The summed E-state index contributed by atoms with van der Waals surface area (Å²) in [5.74, 6) is 0.794. The smallest absolute Gasteiger partial charge is 0.170 e. The zero-order chi connectivity index (χ0) is 12.1. The van der Waals surface area contributed by atoms with Gasteiger partial charge in [0.15, 0.2) is 5.84 Å². The summed E-state index contributed by atoms with van der Waals surface area (Å²) in [6.07, 6.45) is 0. The minimum atomic E-state index is 0.147. The molecular formula is C12H18N2OS. The van der Waals surface area contributed by atoms with Crippen LogP contribution >= 0.6 is 11.8 Å². The number of nitrogens with zero attached hydrogens (tertiary/aromatic N) is 1. The Bertz CT molecular complexity index is 360. The second-order valence-electron chi connectivity index (χ2n) is 4.08. The molecule has 1 unspecified atom stereocenters. The quantitative estimate of drug-likeness (QED) is 0.279. The van der Waals surface area contributed by atoms with Gasteiger partial charge in [-0.05, 0) is 18.1 Å². The zero-order valence-electron chi connectivity index (χ0n) is 9.84. The molecule has 16 heavy (non-hydrogen) atoms. The number of hydrogen-bond acceptors (Lipinski definition) is 3. The van der Waals surface area contributed by atoms with Crippen molar-refractivity contribution in [3.8, 4) is 0 Å². The lowest BCUT2D eigenvalue weighted by atomic mass is 10.2. The van der Waals surface area contributed by atoms with Crippen molar-refractivity contribution in [3.63, 3.8) is 0 Å². The third kappa shape index (κ3) is 3.45. The van der Waals surface area contributed by atoms with E-state index in [9.17, 15) is 0 Å². The second-order valence-corrected chi connectivity index (χ2v) is 5.53. The lowest BCUT2D eigenvalue weighted by molar-refractivity contribution is 0.318. The predicted molar refractivity (Wildman–Crippen MR) is 69.1 cm³/mol. The molecule has 0 aliphatic heterocycles. The lowest BCUT2D eigenvalue weighted by Crippen LogP contribution is -2.12. The number of benzene rings is 1. The molecule has 1 atom stereocenters. The normalized spacial score (nSPS) is 14.1. The van der Waals surface area contributed by atoms with Gasteiger partial charge in [-0.15, -0.1) is 11.8 Å². The lowest BCUT2D eigenvalue weighted by Gasteiger charge is -2.14.